The van der Waals surface area contributed by atoms with Gasteiger partial charge < -0.3 is 4.74 Å². The zero-order valence-corrected chi connectivity index (χ0v) is 9.41. The number of ether oxygens (including phenoxy) is 1. The summed E-state index contributed by atoms with van der Waals surface area (Å²) in [6.45, 7) is 11.3. The lowest BCUT2D eigenvalue weighted by Gasteiger charge is -2.32. The first-order valence-electron chi connectivity index (χ1n) is 5.83. The predicted molar refractivity (Wildman–Crippen MR) is 57.5 cm³/mol. The molecule has 0 unspecified atom stereocenters. The molecule has 0 saturated carbocycles. The minimum atomic E-state index is 0.709. The van der Waals surface area contributed by atoms with Crippen molar-refractivity contribution in [3.8, 4) is 0 Å². The van der Waals surface area contributed by atoms with Gasteiger partial charge in [-0.3, -0.25) is 9.80 Å². The third kappa shape index (κ3) is 2.27. The van der Waals surface area contributed by atoms with Gasteiger partial charge in [-0.1, -0.05) is 0 Å². The van der Waals surface area contributed by atoms with E-state index in [1.165, 1.54) is 19.5 Å². The molecule has 0 aromatic heterocycles. The Morgan fingerprint density at radius 1 is 1.14 bits per heavy atom. The Hall–Kier alpha value is -0.120. The molecule has 2 rings (SSSR count). The second kappa shape index (κ2) is 4.60. The van der Waals surface area contributed by atoms with Crippen LogP contribution in [-0.2, 0) is 4.74 Å². The third-order valence-corrected chi connectivity index (χ3v) is 3.49. The van der Waals surface area contributed by atoms with E-state index in [0.29, 0.717) is 6.04 Å². The highest BCUT2D eigenvalue weighted by atomic mass is 16.5. The second-order valence-corrected chi connectivity index (χ2v) is 4.68. The summed E-state index contributed by atoms with van der Waals surface area (Å²) in [4.78, 5) is 5.19. The van der Waals surface area contributed by atoms with E-state index in [2.05, 4.69) is 23.6 Å². The highest BCUT2D eigenvalue weighted by Crippen LogP contribution is 2.18. The molecule has 1 atom stereocenters. The number of morpholine rings is 1. The van der Waals surface area contributed by atoms with Crippen molar-refractivity contribution >= 4 is 0 Å². The molecule has 2 aliphatic heterocycles. The van der Waals surface area contributed by atoms with Crippen LogP contribution in [0, 0.1) is 0 Å². The molecule has 2 saturated heterocycles. The molecular weight excluding hydrogens is 176 g/mol. The number of nitrogens with zero attached hydrogens (tertiary/aromatic N) is 2. The van der Waals surface area contributed by atoms with Crippen LogP contribution in [0.2, 0.25) is 0 Å². The molecule has 0 aliphatic carbocycles. The number of likely N-dealkylation sites (tertiary alicyclic amines) is 1. The monoisotopic (exact) mass is 198 g/mol. The maximum absolute atomic E-state index is 5.38. The summed E-state index contributed by atoms with van der Waals surface area (Å²) in [5.74, 6) is 0. The molecule has 2 heterocycles. The van der Waals surface area contributed by atoms with Crippen molar-refractivity contribution < 1.29 is 4.74 Å². The SMILES string of the molecule is CC(C)N1CC[C@@H](N2CCOCC2)C1. The van der Waals surface area contributed by atoms with Gasteiger partial charge in [-0.25, -0.2) is 0 Å². The Labute approximate surface area is 87.0 Å². The fourth-order valence-corrected chi connectivity index (χ4v) is 2.48. The third-order valence-electron chi connectivity index (χ3n) is 3.49. The molecule has 82 valence electrons. The van der Waals surface area contributed by atoms with Crippen LogP contribution >= 0.6 is 0 Å². The van der Waals surface area contributed by atoms with Gasteiger partial charge in [0.05, 0.1) is 13.2 Å². The first kappa shape index (κ1) is 10.4. The summed E-state index contributed by atoms with van der Waals surface area (Å²) in [7, 11) is 0. The fraction of sp³-hybridized carbons (Fsp3) is 1.00. The Kier molecular flexibility index (Phi) is 3.42. The summed E-state index contributed by atoms with van der Waals surface area (Å²) in [6, 6.07) is 1.50. The van der Waals surface area contributed by atoms with Gasteiger partial charge in [0, 0.05) is 38.3 Å². The maximum Gasteiger partial charge on any atom is 0.0594 e. The summed E-state index contributed by atoms with van der Waals surface area (Å²) in [6.07, 6.45) is 1.35. The van der Waals surface area contributed by atoms with Crippen LogP contribution in [0.1, 0.15) is 20.3 Å². The average Bonchev–Trinajstić information content (AvgIpc) is 2.68. The quantitative estimate of drug-likeness (QED) is 0.653. The molecular formula is C11H22N2O. The van der Waals surface area contributed by atoms with Gasteiger partial charge in [0.15, 0.2) is 0 Å². The van der Waals surface area contributed by atoms with Crippen molar-refractivity contribution in [1.82, 2.24) is 9.80 Å². The largest absolute Gasteiger partial charge is 0.379 e. The van der Waals surface area contributed by atoms with Crippen LogP contribution in [0.25, 0.3) is 0 Å². The van der Waals surface area contributed by atoms with Crippen LogP contribution in [0.5, 0.6) is 0 Å². The predicted octanol–water partition coefficient (Wildman–Crippen LogP) is 0.801. The molecule has 0 radical (unpaired) electrons. The normalized spacial score (nSPS) is 31.5. The molecule has 14 heavy (non-hydrogen) atoms. The number of hydrogen-bond donors (Lipinski definition) is 0. The van der Waals surface area contributed by atoms with Crippen molar-refractivity contribution in [3.63, 3.8) is 0 Å². The topological polar surface area (TPSA) is 15.7 Å². The molecule has 0 aromatic carbocycles. The standard InChI is InChI=1S/C11H22N2O/c1-10(2)13-4-3-11(9-13)12-5-7-14-8-6-12/h10-11H,3-9H2,1-2H3/t11-/m1/s1. The lowest BCUT2D eigenvalue weighted by Crippen LogP contribution is -2.45. The van der Waals surface area contributed by atoms with E-state index in [-0.39, 0.29) is 0 Å². The Morgan fingerprint density at radius 3 is 2.43 bits per heavy atom. The summed E-state index contributed by atoms with van der Waals surface area (Å²) >= 11 is 0. The van der Waals surface area contributed by atoms with Crippen LogP contribution < -0.4 is 0 Å². The molecule has 0 N–H and O–H groups in total. The Morgan fingerprint density at radius 2 is 1.86 bits per heavy atom. The first-order chi connectivity index (χ1) is 6.77. The van der Waals surface area contributed by atoms with Crippen molar-refractivity contribution in [2.24, 2.45) is 0 Å². The molecule has 0 amide bonds. The van der Waals surface area contributed by atoms with E-state index in [9.17, 15) is 0 Å². The van der Waals surface area contributed by atoms with E-state index in [1.807, 2.05) is 0 Å². The van der Waals surface area contributed by atoms with E-state index in [0.717, 1.165) is 32.3 Å². The highest BCUT2D eigenvalue weighted by molar-refractivity contribution is 4.85. The second-order valence-electron chi connectivity index (χ2n) is 4.68. The van der Waals surface area contributed by atoms with Crippen LogP contribution in [-0.4, -0.2) is 61.3 Å². The lowest BCUT2D eigenvalue weighted by molar-refractivity contribution is 0.0179. The summed E-state index contributed by atoms with van der Waals surface area (Å²) < 4.78 is 5.38. The minimum Gasteiger partial charge on any atom is -0.379 e. The smallest absolute Gasteiger partial charge is 0.0594 e. The van der Waals surface area contributed by atoms with E-state index in [4.69, 9.17) is 4.74 Å². The lowest BCUT2D eigenvalue weighted by atomic mass is 10.2. The molecule has 0 spiro atoms. The Bertz CT molecular complexity index is 178. The fourth-order valence-electron chi connectivity index (χ4n) is 2.48. The van der Waals surface area contributed by atoms with Crippen LogP contribution in [0.15, 0.2) is 0 Å². The maximum atomic E-state index is 5.38. The van der Waals surface area contributed by atoms with E-state index in [1.54, 1.807) is 0 Å². The van der Waals surface area contributed by atoms with E-state index >= 15 is 0 Å². The average molecular weight is 198 g/mol. The molecule has 0 aromatic rings. The van der Waals surface area contributed by atoms with Gasteiger partial charge in [-0.2, -0.15) is 0 Å². The first-order valence-corrected chi connectivity index (χ1v) is 5.83. The molecule has 3 heteroatoms. The molecule has 2 aliphatic rings. The van der Waals surface area contributed by atoms with Gasteiger partial charge in [-0.15, -0.1) is 0 Å². The van der Waals surface area contributed by atoms with Crippen molar-refractivity contribution in [2.75, 3.05) is 39.4 Å². The van der Waals surface area contributed by atoms with Crippen molar-refractivity contribution in [2.45, 2.75) is 32.4 Å². The number of rotatable bonds is 2. The van der Waals surface area contributed by atoms with Crippen LogP contribution in [0.3, 0.4) is 0 Å². The van der Waals surface area contributed by atoms with Gasteiger partial charge in [0.1, 0.15) is 0 Å². The molecule has 0 bridgehead atoms. The van der Waals surface area contributed by atoms with Gasteiger partial charge in [0.25, 0.3) is 0 Å². The highest BCUT2D eigenvalue weighted by Gasteiger charge is 2.29. The zero-order chi connectivity index (χ0) is 9.97. The number of hydrogen-bond acceptors (Lipinski definition) is 3. The van der Waals surface area contributed by atoms with Crippen molar-refractivity contribution in [1.29, 1.82) is 0 Å². The van der Waals surface area contributed by atoms with Gasteiger partial charge >= 0.3 is 0 Å². The summed E-state index contributed by atoms with van der Waals surface area (Å²) in [5.41, 5.74) is 0. The molecule has 2 fully saturated rings. The van der Waals surface area contributed by atoms with Crippen LogP contribution in [0.4, 0.5) is 0 Å². The van der Waals surface area contributed by atoms with E-state index < -0.39 is 0 Å². The van der Waals surface area contributed by atoms with Gasteiger partial charge in [-0.05, 0) is 20.3 Å². The Balaban J connectivity index is 1.82. The summed E-state index contributed by atoms with van der Waals surface area (Å²) in [5, 5.41) is 0. The zero-order valence-electron chi connectivity index (χ0n) is 9.41. The van der Waals surface area contributed by atoms with Gasteiger partial charge in [0.2, 0.25) is 0 Å². The minimum absolute atomic E-state index is 0.709. The molecule has 3 nitrogen and oxygen atoms in total. The van der Waals surface area contributed by atoms with Crippen molar-refractivity contribution in [3.05, 3.63) is 0 Å².